The van der Waals surface area contributed by atoms with Crippen molar-refractivity contribution in [3.05, 3.63) is 12.2 Å². The fourth-order valence-corrected chi connectivity index (χ4v) is 1.70. The van der Waals surface area contributed by atoms with Gasteiger partial charge >= 0.3 is 0 Å². The van der Waals surface area contributed by atoms with Crippen molar-refractivity contribution in [3.8, 4) is 0 Å². The Bertz CT molecular complexity index is 203. The molecule has 0 aliphatic heterocycles. The van der Waals surface area contributed by atoms with E-state index in [9.17, 15) is 5.11 Å². The van der Waals surface area contributed by atoms with E-state index in [1.54, 1.807) is 7.11 Å². The Kier molecular flexibility index (Phi) is 2.83. The molecule has 1 rings (SSSR count). The molecule has 76 valence electrons. The van der Waals surface area contributed by atoms with Crippen molar-refractivity contribution in [3.63, 3.8) is 0 Å². The molecule has 0 amide bonds. The van der Waals surface area contributed by atoms with Crippen molar-refractivity contribution in [2.75, 3.05) is 7.11 Å². The van der Waals surface area contributed by atoms with Gasteiger partial charge in [0.05, 0.1) is 11.2 Å². The van der Waals surface area contributed by atoms with Crippen LogP contribution in [0.4, 0.5) is 0 Å². The van der Waals surface area contributed by atoms with E-state index in [-0.39, 0.29) is 11.5 Å². The molecule has 2 heteroatoms. The molecule has 1 aliphatic rings. The molecule has 2 unspecified atom stereocenters. The average Bonchev–Trinajstić information content (AvgIpc) is 2.04. The zero-order valence-electron chi connectivity index (χ0n) is 9.00. The van der Waals surface area contributed by atoms with Gasteiger partial charge in [0.1, 0.15) is 0 Å². The summed E-state index contributed by atoms with van der Waals surface area (Å²) in [7, 11) is 1.73. The monoisotopic (exact) mass is 184 g/mol. The molecule has 2 atom stereocenters. The van der Waals surface area contributed by atoms with Crippen LogP contribution < -0.4 is 0 Å². The molecule has 0 spiro atoms. The second-order valence-corrected chi connectivity index (χ2v) is 4.67. The van der Waals surface area contributed by atoms with Gasteiger partial charge in [-0.05, 0) is 33.6 Å². The fourth-order valence-electron chi connectivity index (χ4n) is 1.70. The van der Waals surface area contributed by atoms with E-state index in [0.717, 1.165) is 12.8 Å². The van der Waals surface area contributed by atoms with Crippen LogP contribution in [0.15, 0.2) is 12.2 Å². The predicted octanol–water partition coefficient (Wildman–Crippen LogP) is 2.13. The molecule has 0 radical (unpaired) electrons. The summed E-state index contributed by atoms with van der Waals surface area (Å²) in [6.45, 7) is 5.79. The van der Waals surface area contributed by atoms with Crippen molar-refractivity contribution in [2.45, 2.75) is 44.8 Å². The fraction of sp³-hybridized carbons (Fsp3) is 0.818. The molecule has 0 aromatic heterocycles. The van der Waals surface area contributed by atoms with Crippen LogP contribution in [0.2, 0.25) is 0 Å². The number of aliphatic hydroxyl groups is 1. The minimum Gasteiger partial charge on any atom is -0.390 e. The summed E-state index contributed by atoms with van der Waals surface area (Å²) in [6.07, 6.45) is 6.12. The van der Waals surface area contributed by atoms with Gasteiger partial charge in [-0.25, -0.2) is 0 Å². The van der Waals surface area contributed by atoms with Gasteiger partial charge in [-0.3, -0.25) is 0 Å². The molecule has 0 saturated carbocycles. The van der Waals surface area contributed by atoms with Gasteiger partial charge in [-0.1, -0.05) is 12.2 Å². The average molecular weight is 184 g/mol. The molecule has 1 N–H and O–H groups in total. The minimum absolute atomic E-state index is 0.123. The summed E-state index contributed by atoms with van der Waals surface area (Å²) in [6, 6.07) is 0. The van der Waals surface area contributed by atoms with Crippen LogP contribution in [0.1, 0.15) is 33.6 Å². The van der Waals surface area contributed by atoms with E-state index in [0.29, 0.717) is 0 Å². The van der Waals surface area contributed by atoms with E-state index in [1.807, 2.05) is 13.8 Å². The maximum atomic E-state index is 9.79. The van der Waals surface area contributed by atoms with Gasteiger partial charge in [0, 0.05) is 13.0 Å². The Morgan fingerprint density at radius 2 is 2.15 bits per heavy atom. The first-order chi connectivity index (χ1) is 5.87. The lowest BCUT2D eigenvalue weighted by molar-refractivity contribution is -0.00498. The predicted molar refractivity (Wildman–Crippen MR) is 53.6 cm³/mol. The minimum atomic E-state index is -0.606. The van der Waals surface area contributed by atoms with Crippen LogP contribution in [0.25, 0.3) is 0 Å². The zero-order valence-corrected chi connectivity index (χ0v) is 9.00. The smallest absolute Gasteiger partial charge is 0.0831 e. The van der Waals surface area contributed by atoms with Crippen LogP contribution >= 0.6 is 0 Å². The highest BCUT2D eigenvalue weighted by Crippen LogP contribution is 2.33. The van der Waals surface area contributed by atoms with E-state index in [1.165, 1.54) is 0 Å². The van der Waals surface area contributed by atoms with Gasteiger partial charge < -0.3 is 9.84 Å². The lowest BCUT2D eigenvalue weighted by atomic mass is 9.78. The first-order valence-electron chi connectivity index (χ1n) is 4.84. The molecule has 0 aromatic rings. The largest absolute Gasteiger partial charge is 0.390 e. The second-order valence-electron chi connectivity index (χ2n) is 4.67. The molecular formula is C11H20O2. The van der Waals surface area contributed by atoms with Gasteiger partial charge in [0.15, 0.2) is 0 Å². The lowest BCUT2D eigenvalue weighted by Gasteiger charge is -2.35. The van der Waals surface area contributed by atoms with Crippen LogP contribution in [0.5, 0.6) is 0 Å². The van der Waals surface area contributed by atoms with Gasteiger partial charge in [0.2, 0.25) is 0 Å². The van der Waals surface area contributed by atoms with E-state index < -0.39 is 5.60 Å². The number of hydrogen-bond donors (Lipinski definition) is 1. The maximum Gasteiger partial charge on any atom is 0.0831 e. The van der Waals surface area contributed by atoms with Crippen molar-refractivity contribution in [1.82, 2.24) is 0 Å². The summed E-state index contributed by atoms with van der Waals surface area (Å²) >= 11 is 0. The van der Waals surface area contributed by atoms with Crippen LogP contribution in [-0.2, 0) is 4.74 Å². The highest BCUT2D eigenvalue weighted by molar-refractivity contribution is 5.09. The Labute approximate surface area is 80.6 Å². The van der Waals surface area contributed by atoms with Crippen molar-refractivity contribution in [1.29, 1.82) is 0 Å². The van der Waals surface area contributed by atoms with Crippen LogP contribution in [0.3, 0.4) is 0 Å². The number of rotatable bonds is 2. The lowest BCUT2D eigenvalue weighted by Crippen LogP contribution is -2.36. The van der Waals surface area contributed by atoms with E-state index >= 15 is 0 Å². The number of ether oxygens (including phenoxy) is 1. The summed E-state index contributed by atoms with van der Waals surface area (Å²) in [5, 5.41) is 9.79. The third-order valence-corrected chi connectivity index (χ3v) is 3.01. The topological polar surface area (TPSA) is 29.5 Å². The van der Waals surface area contributed by atoms with Crippen molar-refractivity contribution >= 4 is 0 Å². The summed E-state index contributed by atoms with van der Waals surface area (Å²) < 4.78 is 5.37. The third-order valence-electron chi connectivity index (χ3n) is 3.01. The van der Waals surface area contributed by atoms with E-state index in [2.05, 4.69) is 19.1 Å². The SMILES string of the molecule is COC1(C)C=CC(C(C)(C)O)CC1. The van der Waals surface area contributed by atoms with Gasteiger partial charge in [-0.2, -0.15) is 0 Å². The van der Waals surface area contributed by atoms with Crippen LogP contribution in [0, 0.1) is 5.92 Å². The van der Waals surface area contributed by atoms with Crippen LogP contribution in [-0.4, -0.2) is 23.4 Å². The highest BCUT2D eigenvalue weighted by Gasteiger charge is 2.32. The van der Waals surface area contributed by atoms with Gasteiger partial charge in [-0.15, -0.1) is 0 Å². The summed E-state index contributed by atoms with van der Waals surface area (Å²) in [4.78, 5) is 0. The van der Waals surface area contributed by atoms with Crippen molar-refractivity contribution < 1.29 is 9.84 Å². The molecule has 0 aromatic carbocycles. The molecule has 2 nitrogen and oxygen atoms in total. The summed E-state index contributed by atoms with van der Waals surface area (Å²) in [5.41, 5.74) is -0.729. The standard InChI is InChI=1S/C11H20O2/c1-10(2,12)9-5-7-11(3,13-4)8-6-9/h5,7,9,12H,6,8H2,1-4H3. The Hall–Kier alpha value is -0.340. The summed E-state index contributed by atoms with van der Waals surface area (Å²) in [5.74, 6) is 0.260. The normalized spacial score (nSPS) is 35.0. The zero-order chi connectivity index (χ0) is 10.1. The Balaban J connectivity index is 2.67. The number of methoxy groups -OCH3 is 1. The molecule has 0 bridgehead atoms. The second kappa shape index (κ2) is 3.43. The number of hydrogen-bond acceptors (Lipinski definition) is 2. The van der Waals surface area contributed by atoms with E-state index in [4.69, 9.17) is 4.74 Å². The molecule has 0 heterocycles. The first kappa shape index (κ1) is 10.7. The van der Waals surface area contributed by atoms with Crippen molar-refractivity contribution in [2.24, 2.45) is 5.92 Å². The molecule has 13 heavy (non-hydrogen) atoms. The third kappa shape index (κ3) is 2.55. The molecular weight excluding hydrogens is 164 g/mol. The quantitative estimate of drug-likeness (QED) is 0.666. The highest BCUT2D eigenvalue weighted by atomic mass is 16.5. The first-order valence-corrected chi connectivity index (χ1v) is 4.84. The maximum absolute atomic E-state index is 9.79. The molecule has 0 fully saturated rings. The van der Waals surface area contributed by atoms with Gasteiger partial charge in [0.25, 0.3) is 0 Å². The Morgan fingerprint density at radius 3 is 2.46 bits per heavy atom. The molecule has 1 aliphatic carbocycles. The Morgan fingerprint density at radius 1 is 1.54 bits per heavy atom. The molecule has 0 saturated heterocycles.